The van der Waals surface area contributed by atoms with Crippen molar-refractivity contribution in [2.24, 2.45) is 0 Å². The van der Waals surface area contributed by atoms with Crippen molar-refractivity contribution in [3.8, 4) is 11.5 Å². The van der Waals surface area contributed by atoms with Crippen molar-refractivity contribution >= 4 is 22.2 Å². The first kappa shape index (κ1) is 23.4. The fraction of sp³-hybridized carbons (Fsp3) is 0.400. The zero-order chi connectivity index (χ0) is 23.4. The van der Waals surface area contributed by atoms with Crippen molar-refractivity contribution in [2.45, 2.75) is 19.4 Å². The van der Waals surface area contributed by atoms with Gasteiger partial charge in [-0.2, -0.15) is 0 Å². The van der Waals surface area contributed by atoms with E-state index in [1.54, 1.807) is 37.7 Å². The Kier molecular flexibility index (Phi) is 7.37. The second kappa shape index (κ2) is 10.4. The maximum atomic E-state index is 12.9. The third kappa shape index (κ3) is 5.08. The number of thiophene rings is 1. The van der Waals surface area contributed by atoms with E-state index < -0.39 is 0 Å². The van der Waals surface area contributed by atoms with E-state index >= 15 is 0 Å². The number of hydrogen-bond acceptors (Lipinski definition) is 7. The minimum atomic E-state index is -0.246. The molecule has 3 heterocycles. The van der Waals surface area contributed by atoms with Gasteiger partial charge in [0.15, 0.2) is 5.76 Å². The molecule has 1 amide bonds. The fourth-order valence-electron chi connectivity index (χ4n) is 4.19. The van der Waals surface area contributed by atoms with Gasteiger partial charge in [0, 0.05) is 48.2 Å². The number of benzene rings is 1. The normalized spacial score (nSPS) is 15.9. The molecule has 7 nitrogen and oxygen atoms in total. The van der Waals surface area contributed by atoms with Crippen LogP contribution in [0.5, 0.6) is 11.5 Å². The Hall–Kier alpha value is -2.81. The number of nitrogens with one attached hydrogen (secondary N) is 1. The predicted octanol–water partition coefficient (Wildman–Crippen LogP) is 4.51. The lowest BCUT2D eigenvalue weighted by Gasteiger charge is -2.39. The van der Waals surface area contributed by atoms with Crippen LogP contribution in [-0.4, -0.2) is 63.2 Å². The highest BCUT2D eigenvalue weighted by Crippen LogP contribution is 2.43. The molecule has 0 bridgehead atoms. The van der Waals surface area contributed by atoms with E-state index in [1.807, 2.05) is 12.1 Å². The van der Waals surface area contributed by atoms with Gasteiger partial charge < -0.3 is 24.1 Å². The first-order valence-electron chi connectivity index (χ1n) is 11.2. The second-order valence-corrected chi connectivity index (χ2v) is 9.27. The highest BCUT2D eigenvalue weighted by Gasteiger charge is 2.31. The van der Waals surface area contributed by atoms with Crippen molar-refractivity contribution < 1.29 is 18.7 Å². The summed E-state index contributed by atoms with van der Waals surface area (Å²) in [5.74, 6) is 1.57. The number of anilines is 1. The minimum absolute atomic E-state index is 0.0667. The molecule has 8 heteroatoms. The van der Waals surface area contributed by atoms with Gasteiger partial charge >= 0.3 is 0 Å². The number of aryl methyl sites for hydroxylation is 1. The van der Waals surface area contributed by atoms with Crippen LogP contribution in [0.1, 0.15) is 39.5 Å². The highest BCUT2D eigenvalue weighted by molar-refractivity contribution is 7.16. The van der Waals surface area contributed by atoms with Crippen molar-refractivity contribution in [3.05, 3.63) is 64.4 Å². The van der Waals surface area contributed by atoms with Crippen LogP contribution >= 0.6 is 11.3 Å². The summed E-state index contributed by atoms with van der Waals surface area (Å²) in [7, 11) is 5.49. The van der Waals surface area contributed by atoms with E-state index in [1.165, 1.54) is 11.1 Å². The molecule has 1 aliphatic rings. The van der Waals surface area contributed by atoms with Gasteiger partial charge in [-0.25, -0.2) is 0 Å². The SMILES string of the molecule is CCc1cc([C@H](c2ccc(OC)cc2OC)N2CCN(C)CC2)c(NC(=O)c2ccco2)s1. The van der Waals surface area contributed by atoms with E-state index in [4.69, 9.17) is 13.9 Å². The van der Waals surface area contributed by atoms with Gasteiger partial charge in [0.1, 0.15) is 16.5 Å². The van der Waals surface area contributed by atoms with Gasteiger partial charge in [-0.05, 0) is 43.8 Å². The average Bonchev–Trinajstić information content (AvgIpc) is 3.51. The summed E-state index contributed by atoms with van der Waals surface area (Å²) in [6.45, 7) is 5.92. The van der Waals surface area contributed by atoms with Gasteiger partial charge in [0.2, 0.25) is 0 Å². The first-order chi connectivity index (χ1) is 16.0. The number of carbonyl (C=O) groups excluding carboxylic acids is 1. The van der Waals surface area contributed by atoms with Crippen LogP contribution in [0.25, 0.3) is 0 Å². The zero-order valence-corrected chi connectivity index (χ0v) is 20.4. The molecule has 3 aromatic rings. The number of piperazine rings is 1. The van der Waals surface area contributed by atoms with Crippen LogP contribution in [-0.2, 0) is 6.42 Å². The fourth-order valence-corrected chi connectivity index (χ4v) is 5.22. The van der Waals surface area contributed by atoms with Crippen LogP contribution in [0.4, 0.5) is 5.00 Å². The van der Waals surface area contributed by atoms with E-state index in [0.29, 0.717) is 5.76 Å². The smallest absolute Gasteiger partial charge is 0.291 e. The Morgan fingerprint density at radius 2 is 1.91 bits per heavy atom. The van der Waals surface area contributed by atoms with E-state index in [0.717, 1.165) is 60.2 Å². The first-order valence-corrected chi connectivity index (χ1v) is 12.0. The molecule has 1 N–H and O–H groups in total. The molecule has 0 spiro atoms. The lowest BCUT2D eigenvalue weighted by molar-refractivity contribution is 0.0996. The summed E-state index contributed by atoms with van der Waals surface area (Å²) < 4.78 is 16.5. The highest BCUT2D eigenvalue weighted by atomic mass is 32.1. The maximum Gasteiger partial charge on any atom is 0.291 e. The number of nitrogens with zero attached hydrogens (tertiary/aromatic N) is 2. The number of ether oxygens (including phenoxy) is 2. The molecule has 33 heavy (non-hydrogen) atoms. The quantitative estimate of drug-likeness (QED) is 0.524. The van der Waals surface area contributed by atoms with Crippen LogP contribution in [0.3, 0.4) is 0 Å². The minimum Gasteiger partial charge on any atom is -0.497 e. The Balaban J connectivity index is 1.79. The Morgan fingerprint density at radius 1 is 1.12 bits per heavy atom. The monoisotopic (exact) mass is 469 g/mol. The largest absolute Gasteiger partial charge is 0.497 e. The third-order valence-corrected chi connectivity index (χ3v) is 7.28. The Labute approximate surface area is 198 Å². The van der Waals surface area contributed by atoms with Crippen molar-refractivity contribution in [2.75, 3.05) is 52.8 Å². The number of carbonyl (C=O) groups is 1. The van der Waals surface area contributed by atoms with E-state index in [9.17, 15) is 4.79 Å². The number of furan rings is 1. The van der Waals surface area contributed by atoms with Crippen LogP contribution in [0.15, 0.2) is 47.1 Å². The lowest BCUT2D eigenvalue weighted by Crippen LogP contribution is -2.46. The molecule has 0 saturated carbocycles. The molecule has 0 unspecified atom stereocenters. The molecular formula is C25H31N3O4S. The number of likely N-dealkylation sites (N-methyl/N-ethyl adjacent to an activating group) is 1. The lowest BCUT2D eigenvalue weighted by atomic mass is 9.96. The number of hydrogen-bond donors (Lipinski definition) is 1. The summed E-state index contributed by atoms with van der Waals surface area (Å²) in [5, 5.41) is 3.95. The van der Waals surface area contributed by atoms with Gasteiger partial charge in [-0.3, -0.25) is 9.69 Å². The Morgan fingerprint density at radius 3 is 2.55 bits per heavy atom. The molecule has 0 radical (unpaired) electrons. The van der Waals surface area contributed by atoms with Crippen LogP contribution in [0.2, 0.25) is 0 Å². The molecular weight excluding hydrogens is 438 g/mol. The van der Waals surface area contributed by atoms with E-state index in [-0.39, 0.29) is 11.9 Å². The maximum absolute atomic E-state index is 12.9. The molecule has 4 rings (SSSR count). The number of rotatable bonds is 8. The summed E-state index contributed by atoms with van der Waals surface area (Å²) in [6, 6.07) is 11.5. The van der Waals surface area contributed by atoms with Crippen molar-refractivity contribution in [1.29, 1.82) is 0 Å². The van der Waals surface area contributed by atoms with Gasteiger partial charge in [0.25, 0.3) is 5.91 Å². The molecule has 1 fully saturated rings. The van der Waals surface area contributed by atoms with Crippen LogP contribution < -0.4 is 14.8 Å². The average molecular weight is 470 g/mol. The molecule has 0 aliphatic carbocycles. The molecule has 176 valence electrons. The Bertz CT molecular complexity index is 1070. The molecule has 1 saturated heterocycles. The molecule has 2 aromatic heterocycles. The van der Waals surface area contributed by atoms with Gasteiger partial charge in [0.05, 0.1) is 26.5 Å². The summed E-state index contributed by atoms with van der Waals surface area (Å²) in [4.78, 5) is 18.9. The van der Waals surface area contributed by atoms with Crippen molar-refractivity contribution in [3.63, 3.8) is 0 Å². The van der Waals surface area contributed by atoms with Gasteiger partial charge in [-0.15, -0.1) is 11.3 Å². The molecule has 1 aliphatic heterocycles. The molecule has 1 atom stereocenters. The molecule has 1 aromatic carbocycles. The standard InChI is InChI=1S/C25H31N3O4S/c1-5-18-16-20(25(33-18)26-24(29)21-7-6-14-32-21)23(28-12-10-27(2)11-13-28)19-9-8-17(30-3)15-22(19)31-4/h6-9,14-16,23H,5,10-13H2,1-4H3,(H,26,29)/t23-/m0/s1. The van der Waals surface area contributed by atoms with Crippen molar-refractivity contribution in [1.82, 2.24) is 9.80 Å². The number of amides is 1. The summed E-state index contributed by atoms with van der Waals surface area (Å²) in [5.41, 5.74) is 2.13. The number of methoxy groups -OCH3 is 2. The van der Waals surface area contributed by atoms with Crippen LogP contribution in [0, 0.1) is 0 Å². The topological polar surface area (TPSA) is 67.2 Å². The van der Waals surface area contributed by atoms with Gasteiger partial charge in [-0.1, -0.05) is 6.92 Å². The summed E-state index contributed by atoms with van der Waals surface area (Å²) >= 11 is 1.62. The third-order valence-electron chi connectivity index (χ3n) is 6.07. The summed E-state index contributed by atoms with van der Waals surface area (Å²) in [6.07, 6.45) is 2.40. The zero-order valence-electron chi connectivity index (χ0n) is 19.6. The predicted molar refractivity (Wildman–Crippen MR) is 131 cm³/mol. The van der Waals surface area contributed by atoms with E-state index in [2.05, 4.69) is 41.2 Å². The second-order valence-electron chi connectivity index (χ2n) is 8.13.